The minimum atomic E-state index is 0.349. The van der Waals surface area contributed by atoms with Gasteiger partial charge in [0, 0.05) is 0 Å². The van der Waals surface area contributed by atoms with Crippen molar-refractivity contribution < 1.29 is 5.11 Å². The van der Waals surface area contributed by atoms with Gasteiger partial charge in [-0.1, -0.05) is 32.1 Å². The molecule has 1 aliphatic rings. The molecule has 1 nitrogen and oxygen atoms in total. The van der Waals surface area contributed by atoms with Gasteiger partial charge in [-0.05, 0) is 70.9 Å². The topological polar surface area (TPSA) is 20.2 Å². The second-order valence-electron chi connectivity index (χ2n) is 5.80. The number of benzene rings is 2. The Hall–Kier alpha value is -1.76. The maximum atomic E-state index is 10.2. The predicted octanol–water partition coefficient (Wildman–Crippen LogP) is 5.02. The molecule has 98 valence electrons. The molecule has 0 unspecified atom stereocenters. The first kappa shape index (κ1) is 12.3. The van der Waals surface area contributed by atoms with Crippen molar-refractivity contribution in [1.82, 2.24) is 0 Å². The van der Waals surface area contributed by atoms with E-state index in [0.29, 0.717) is 11.7 Å². The van der Waals surface area contributed by atoms with Crippen molar-refractivity contribution in [3.05, 3.63) is 47.0 Å². The number of aromatic hydroxyl groups is 1. The van der Waals surface area contributed by atoms with Crippen LogP contribution in [0, 0.1) is 0 Å². The SMILES string of the molecule is CC1=CCCc2c1ccc1cc(C(C)C)c(O)cc21. The molecule has 1 aliphatic carbocycles. The van der Waals surface area contributed by atoms with E-state index in [9.17, 15) is 5.11 Å². The van der Waals surface area contributed by atoms with Crippen LogP contribution in [0.2, 0.25) is 0 Å². The Labute approximate surface area is 114 Å². The molecule has 19 heavy (non-hydrogen) atoms. The van der Waals surface area contributed by atoms with Crippen LogP contribution in [-0.2, 0) is 6.42 Å². The van der Waals surface area contributed by atoms with E-state index in [1.807, 2.05) is 6.07 Å². The average molecular weight is 252 g/mol. The number of hydrogen-bond acceptors (Lipinski definition) is 1. The van der Waals surface area contributed by atoms with Gasteiger partial charge in [0.1, 0.15) is 5.75 Å². The molecule has 2 aromatic rings. The summed E-state index contributed by atoms with van der Waals surface area (Å²) in [6.07, 6.45) is 4.48. The molecule has 0 bridgehead atoms. The lowest BCUT2D eigenvalue weighted by atomic mass is 9.86. The predicted molar refractivity (Wildman–Crippen MR) is 81.7 cm³/mol. The Morgan fingerprint density at radius 3 is 2.68 bits per heavy atom. The van der Waals surface area contributed by atoms with Gasteiger partial charge in [-0.15, -0.1) is 0 Å². The number of phenolic OH excluding ortho intramolecular Hbond substituents is 1. The van der Waals surface area contributed by atoms with Gasteiger partial charge in [0.05, 0.1) is 0 Å². The van der Waals surface area contributed by atoms with Crippen molar-refractivity contribution in [1.29, 1.82) is 0 Å². The minimum Gasteiger partial charge on any atom is -0.508 e. The third-order valence-electron chi connectivity index (χ3n) is 4.17. The summed E-state index contributed by atoms with van der Waals surface area (Å²) in [4.78, 5) is 0. The smallest absolute Gasteiger partial charge is 0.119 e. The van der Waals surface area contributed by atoms with E-state index in [4.69, 9.17) is 0 Å². The molecule has 0 fully saturated rings. The molecule has 0 saturated heterocycles. The second kappa shape index (κ2) is 4.41. The summed E-state index contributed by atoms with van der Waals surface area (Å²) in [6.45, 7) is 6.41. The Kier molecular flexibility index (Phi) is 2.85. The number of allylic oxidation sites excluding steroid dienone is 2. The number of aryl methyl sites for hydroxylation is 1. The summed E-state index contributed by atoms with van der Waals surface area (Å²) >= 11 is 0. The van der Waals surface area contributed by atoms with Gasteiger partial charge in [0.2, 0.25) is 0 Å². The number of fused-ring (bicyclic) bond motifs is 3. The first-order valence-corrected chi connectivity index (χ1v) is 7.03. The summed E-state index contributed by atoms with van der Waals surface area (Å²) in [7, 11) is 0. The summed E-state index contributed by atoms with van der Waals surface area (Å²) < 4.78 is 0. The van der Waals surface area contributed by atoms with Crippen molar-refractivity contribution in [2.24, 2.45) is 0 Å². The summed E-state index contributed by atoms with van der Waals surface area (Å²) in [5.74, 6) is 0.783. The molecule has 0 radical (unpaired) electrons. The number of rotatable bonds is 1. The fourth-order valence-electron chi connectivity index (χ4n) is 3.08. The van der Waals surface area contributed by atoms with Gasteiger partial charge in [0.15, 0.2) is 0 Å². The van der Waals surface area contributed by atoms with Crippen LogP contribution in [0.3, 0.4) is 0 Å². The summed E-state index contributed by atoms with van der Waals surface area (Å²) in [6, 6.07) is 8.51. The molecular weight excluding hydrogens is 232 g/mol. The van der Waals surface area contributed by atoms with Gasteiger partial charge < -0.3 is 5.11 Å². The van der Waals surface area contributed by atoms with Gasteiger partial charge in [-0.3, -0.25) is 0 Å². The fourth-order valence-corrected chi connectivity index (χ4v) is 3.08. The van der Waals surface area contributed by atoms with Crippen LogP contribution >= 0.6 is 0 Å². The molecule has 2 aromatic carbocycles. The van der Waals surface area contributed by atoms with Gasteiger partial charge in [0.25, 0.3) is 0 Å². The van der Waals surface area contributed by atoms with E-state index >= 15 is 0 Å². The van der Waals surface area contributed by atoms with Crippen molar-refractivity contribution in [3.8, 4) is 5.75 Å². The lowest BCUT2D eigenvalue weighted by Gasteiger charge is -2.19. The maximum absolute atomic E-state index is 10.2. The highest BCUT2D eigenvalue weighted by Crippen LogP contribution is 2.36. The van der Waals surface area contributed by atoms with Crippen LogP contribution in [0.5, 0.6) is 5.75 Å². The van der Waals surface area contributed by atoms with E-state index in [2.05, 4.69) is 45.0 Å². The normalized spacial score (nSPS) is 14.6. The Morgan fingerprint density at radius 2 is 1.95 bits per heavy atom. The molecule has 0 saturated carbocycles. The molecule has 3 rings (SSSR count). The van der Waals surface area contributed by atoms with Crippen molar-refractivity contribution >= 4 is 16.3 Å². The van der Waals surface area contributed by atoms with Crippen molar-refractivity contribution in [2.45, 2.75) is 39.5 Å². The van der Waals surface area contributed by atoms with Crippen LogP contribution < -0.4 is 0 Å². The first-order chi connectivity index (χ1) is 9.08. The van der Waals surface area contributed by atoms with Crippen molar-refractivity contribution in [2.75, 3.05) is 0 Å². The molecule has 0 aromatic heterocycles. The van der Waals surface area contributed by atoms with E-state index in [1.165, 1.54) is 27.5 Å². The molecule has 0 amide bonds. The molecule has 0 spiro atoms. The lowest BCUT2D eigenvalue weighted by molar-refractivity contribution is 0.466. The number of hydrogen-bond donors (Lipinski definition) is 1. The Balaban J connectivity index is 2.31. The summed E-state index contributed by atoms with van der Waals surface area (Å²) in [5.41, 5.74) is 5.13. The molecule has 0 heterocycles. The van der Waals surface area contributed by atoms with Crippen molar-refractivity contribution in [3.63, 3.8) is 0 Å². The van der Waals surface area contributed by atoms with Gasteiger partial charge in [-0.2, -0.15) is 0 Å². The van der Waals surface area contributed by atoms with Gasteiger partial charge >= 0.3 is 0 Å². The zero-order chi connectivity index (χ0) is 13.6. The maximum Gasteiger partial charge on any atom is 0.119 e. The first-order valence-electron chi connectivity index (χ1n) is 7.03. The zero-order valence-corrected chi connectivity index (χ0v) is 11.8. The van der Waals surface area contributed by atoms with E-state index in [1.54, 1.807) is 0 Å². The zero-order valence-electron chi connectivity index (χ0n) is 11.8. The molecule has 1 N–H and O–H groups in total. The van der Waals surface area contributed by atoms with E-state index < -0.39 is 0 Å². The fraction of sp³-hybridized carbons (Fsp3) is 0.333. The third kappa shape index (κ3) is 1.94. The van der Waals surface area contributed by atoms with Crippen LogP contribution in [0.1, 0.15) is 49.8 Å². The largest absolute Gasteiger partial charge is 0.508 e. The molecule has 0 aliphatic heterocycles. The standard InChI is InChI=1S/C18H20O/c1-11(2)16-9-13-7-8-14-12(3)5-4-6-15(14)17(13)10-18(16)19/h5,7-11,19H,4,6H2,1-3H3. The van der Waals surface area contributed by atoms with Crippen LogP contribution in [0.15, 0.2) is 30.3 Å². The third-order valence-corrected chi connectivity index (χ3v) is 4.17. The molecular formula is C18H20O. The molecule has 1 heteroatoms. The monoisotopic (exact) mass is 252 g/mol. The highest BCUT2D eigenvalue weighted by atomic mass is 16.3. The Morgan fingerprint density at radius 1 is 1.16 bits per heavy atom. The van der Waals surface area contributed by atoms with Crippen LogP contribution in [0.4, 0.5) is 0 Å². The number of phenols is 1. The Bertz CT molecular complexity index is 678. The van der Waals surface area contributed by atoms with Crippen LogP contribution in [0.25, 0.3) is 16.3 Å². The summed E-state index contributed by atoms with van der Waals surface area (Å²) in [5, 5.41) is 12.7. The van der Waals surface area contributed by atoms with E-state index in [-0.39, 0.29) is 0 Å². The highest BCUT2D eigenvalue weighted by Gasteiger charge is 2.15. The molecule has 0 atom stereocenters. The average Bonchev–Trinajstić information content (AvgIpc) is 2.38. The second-order valence-corrected chi connectivity index (χ2v) is 5.80. The minimum absolute atomic E-state index is 0.349. The quantitative estimate of drug-likeness (QED) is 0.755. The highest BCUT2D eigenvalue weighted by molar-refractivity contribution is 5.92. The lowest BCUT2D eigenvalue weighted by Crippen LogP contribution is -2.00. The van der Waals surface area contributed by atoms with E-state index in [0.717, 1.165) is 18.4 Å². The van der Waals surface area contributed by atoms with Gasteiger partial charge in [-0.25, -0.2) is 0 Å². The van der Waals surface area contributed by atoms with Crippen LogP contribution in [-0.4, -0.2) is 5.11 Å².